The van der Waals surface area contributed by atoms with Crippen LogP contribution in [-0.2, 0) is 14.3 Å². The van der Waals surface area contributed by atoms with Crippen molar-refractivity contribution in [1.82, 2.24) is 0 Å². The Balaban J connectivity index is 1.98. The van der Waals surface area contributed by atoms with Crippen LogP contribution in [0.3, 0.4) is 0 Å². The topological polar surface area (TPSA) is 38.8 Å². The molecule has 2 saturated heterocycles. The molecular weight excluding hydrogens is 192 g/mol. The van der Waals surface area contributed by atoms with E-state index in [-0.39, 0.29) is 5.97 Å². The molecule has 3 rings (SSSR count). The van der Waals surface area contributed by atoms with Gasteiger partial charge in [-0.2, -0.15) is 0 Å². The van der Waals surface area contributed by atoms with Crippen molar-refractivity contribution in [3.8, 4) is 0 Å². The minimum Gasteiger partial charge on any atom is -0.426 e. The zero-order valence-electron chi connectivity index (χ0n) is 8.79. The number of carbonyl (C=O) groups excluding carboxylic acids is 1. The van der Waals surface area contributed by atoms with Gasteiger partial charge in [0.05, 0.1) is 0 Å². The fourth-order valence-corrected chi connectivity index (χ4v) is 2.56. The number of esters is 1. The Hall–Kier alpha value is -1.09. The van der Waals surface area contributed by atoms with E-state index in [1.165, 1.54) is 0 Å². The molecule has 0 aromatic carbocycles. The van der Waals surface area contributed by atoms with E-state index in [9.17, 15) is 4.79 Å². The van der Waals surface area contributed by atoms with Gasteiger partial charge in [-0.05, 0) is 31.4 Å². The third-order valence-electron chi connectivity index (χ3n) is 3.43. The van der Waals surface area contributed by atoms with E-state index < -0.39 is 11.2 Å². The lowest BCUT2D eigenvalue weighted by Crippen LogP contribution is -2.26. The Bertz CT molecular complexity index is 382. The van der Waals surface area contributed by atoms with Crippen LogP contribution in [0.1, 0.15) is 32.6 Å². The Morgan fingerprint density at radius 1 is 1.60 bits per heavy atom. The lowest BCUT2D eigenvalue weighted by atomic mass is 9.84. The number of ether oxygens (including phenoxy) is 2. The van der Waals surface area contributed by atoms with Crippen molar-refractivity contribution >= 4 is 5.97 Å². The lowest BCUT2D eigenvalue weighted by molar-refractivity contribution is -0.143. The molecule has 0 N–H and O–H groups in total. The van der Waals surface area contributed by atoms with Gasteiger partial charge in [-0.1, -0.05) is 19.4 Å². The van der Waals surface area contributed by atoms with Crippen LogP contribution in [0.4, 0.5) is 0 Å². The molecule has 2 heterocycles. The molecular formula is C12H14O3. The van der Waals surface area contributed by atoms with Gasteiger partial charge in [0.15, 0.2) is 5.60 Å². The number of hydrogen-bond donors (Lipinski definition) is 0. The minimum absolute atomic E-state index is 0.235. The summed E-state index contributed by atoms with van der Waals surface area (Å²) in [6, 6.07) is 0. The zero-order valence-corrected chi connectivity index (χ0v) is 8.79. The number of allylic oxidation sites excluding steroid dienone is 2. The summed E-state index contributed by atoms with van der Waals surface area (Å²) < 4.78 is 11.0. The number of unbranched alkanes of at least 4 members (excludes halogenated alkanes) is 1. The Morgan fingerprint density at radius 3 is 3.27 bits per heavy atom. The molecule has 1 aliphatic carbocycles. The molecule has 0 bridgehead atoms. The molecule has 2 atom stereocenters. The molecule has 2 aliphatic heterocycles. The molecule has 3 heteroatoms. The van der Waals surface area contributed by atoms with Gasteiger partial charge in [0.2, 0.25) is 5.60 Å². The Labute approximate surface area is 88.7 Å². The van der Waals surface area contributed by atoms with Crippen LogP contribution in [0.15, 0.2) is 24.0 Å². The number of hydrogen-bond acceptors (Lipinski definition) is 3. The standard InChI is InChI=1S/C12H14O3/c1-2-3-6-9-11-7-4-5-8-12(11,15-11)10(13)14-9/h5-6,8H,2-4,7H2,1H3/b9-6+/t11-,12+/m0/s1. The average Bonchev–Trinajstić information content (AvgIpc) is 2.89. The van der Waals surface area contributed by atoms with Crippen LogP contribution in [-0.4, -0.2) is 17.2 Å². The van der Waals surface area contributed by atoms with E-state index in [0.717, 1.165) is 31.4 Å². The van der Waals surface area contributed by atoms with E-state index in [1.54, 1.807) is 0 Å². The molecule has 3 nitrogen and oxygen atoms in total. The van der Waals surface area contributed by atoms with Crippen molar-refractivity contribution < 1.29 is 14.3 Å². The fraction of sp³-hybridized carbons (Fsp3) is 0.583. The third kappa shape index (κ3) is 0.918. The molecule has 3 aliphatic rings. The maximum atomic E-state index is 11.7. The van der Waals surface area contributed by atoms with E-state index in [4.69, 9.17) is 9.47 Å². The second-order valence-electron chi connectivity index (χ2n) is 4.35. The van der Waals surface area contributed by atoms with E-state index in [2.05, 4.69) is 6.92 Å². The van der Waals surface area contributed by atoms with Gasteiger partial charge < -0.3 is 9.47 Å². The molecule has 15 heavy (non-hydrogen) atoms. The van der Waals surface area contributed by atoms with Crippen molar-refractivity contribution in [2.24, 2.45) is 0 Å². The van der Waals surface area contributed by atoms with Crippen molar-refractivity contribution in [2.45, 2.75) is 43.8 Å². The molecule has 0 aromatic heterocycles. The first-order chi connectivity index (χ1) is 7.25. The van der Waals surface area contributed by atoms with Gasteiger partial charge in [-0.3, -0.25) is 0 Å². The van der Waals surface area contributed by atoms with E-state index in [0.29, 0.717) is 0 Å². The summed E-state index contributed by atoms with van der Waals surface area (Å²) in [6.45, 7) is 2.10. The highest BCUT2D eigenvalue weighted by atomic mass is 16.7. The summed E-state index contributed by atoms with van der Waals surface area (Å²) in [4.78, 5) is 11.7. The zero-order chi connectivity index (χ0) is 10.5. The van der Waals surface area contributed by atoms with Gasteiger partial charge in [-0.25, -0.2) is 4.79 Å². The smallest absolute Gasteiger partial charge is 0.351 e. The maximum absolute atomic E-state index is 11.7. The highest BCUT2D eigenvalue weighted by molar-refractivity contribution is 5.94. The number of rotatable bonds is 2. The molecule has 0 radical (unpaired) electrons. The summed E-state index contributed by atoms with van der Waals surface area (Å²) in [5, 5.41) is 0. The summed E-state index contributed by atoms with van der Waals surface area (Å²) in [6.07, 6.45) is 9.70. The highest BCUT2D eigenvalue weighted by Gasteiger charge is 2.82. The van der Waals surface area contributed by atoms with E-state index in [1.807, 2.05) is 18.2 Å². The summed E-state index contributed by atoms with van der Waals surface area (Å²) in [7, 11) is 0. The lowest BCUT2D eigenvalue weighted by Gasteiger charge is -2.10. The van der Waals surface area contributed by atoms with Crippen LogP contribution < -0.4 is 0 Å². The SMILES string of the molecule is CCC/C=C1/OC(=O)[C@]23C=CCC[C@]12O3. The van der Waals surface area contributed by atoms with Crippen LogP contribution >= 0.6 is 0 Å². The summed E-state index contributed by atoms with van der Waals surface area (Å²) >= 11 is 0. The quantitative estimate of drug-likeness (QED) is 0.394. The summed E-state index contributed by atoms with van der Waals surface area (Å²) in [5.41, 5.74) is -1.17. The molecule has 0 spiro atoms. The van der Waals surface area contributed by atoms with Gasteiger partial charge in [0, 0.05) is 0 Å². The van der Waals surface area contributed by atoms with Crippen LogP contribution in [0.5, 0.6) is 0 Å². The second kappa shape index (κ2) is 2.73. The van der Waals surface area contributed by atoms with Crippen LogP contribution in [0.25, 0.3) is 0 Å². The largest absolute Gasteiger partial charge is 0.426 e. The van der Waals surface area contributed by atoms with Gasteiger partial charge >= 0.3 is 5.97 Å². The van der Waals surface area contributed by atoms with Gasteiger partial charge in [0.25, 0.3) is 0 Å². The Kier molecular flexibility index (Phi) is 1.67. The first-order valence-corrected chi connectivity index (χ1v) is 5.56. The number of epoxide rings is 1. The fourth-order valence-electron chi connectivity index (χ4n) is 2.56. The Morgan fingerprint density at radius 2 is 2.47 bits per heavy atom. The molecule has 2 fully saturated rings. The van der Waals surface area contributed by atoms with Crippen molar-refractivity contribution in [3.05, 3.63) is 24.0 Å². The van der Waals surface area contributed by atoms with E-state index >= 15 is 0 Å². The molecule has 80 valence electrons. The van der Waals surface area contributed by atoms with Gasteiger partial charge in [-0.15, -0.1) is 0 Å². The predicted molar refractivity (Wildman–Crippen MR) is 54.0 cm³/mol. The molecule has 0 aromatic rings. The van der Waals surface area contributed by atoms with Crippen molar-refractivity contribution in [1.29, 1.82) is 0 Å². The third-order valence-corrected chi connectivity index (χ3v) is 3.43. The first kappa shape index (κ1) is 9.16. The predicted octanol–water partition coefficient (Wildman–Crippen LogP) is 2.08. The van der Waals surface area contributed by atoms with Crippen LogP contribution in [0, 0.1) is 0 Å². The summed E-state index contributed by atoms with van der Waals surface area (Å²) in [5.74, 6) is 0.513. The maximum Gasteiger partial charge on any atom is 0.351 e. The van der Waals surface area contributed by atoms with Crippen molar-refractivity contribution in [3.63, 3.8) is 0 Å². The first-order valence-electron chi connectivity index (χ1n) is 5.56. The minimum atomic E-state index is -0.745. The molecule has 0 unspecified atom stereocenters. The second-order valence-corrected chi connectivity index (χ2v) is 4.35. The highest BCUT2D eigenvalue weighted by Crippen LogP contribution is 2.64. The molecule has 0 amide bonds. The van der Waals surface area contributed by atoms with Gasteiger partial charge in [0.1, 0.15) is 5.76 Å². The molecule has 0 saturated carbocycles. The van der Waals surface area contributed by atoms with Crippen LogP contribution in [0.2, 0.25) is 0 Å². The normalized spacial score (nSPS) is 43.8. The average molecular weight is 206 g/mol. The van der Waals surface area contributed by atoms with Crippen molar-refractivity contribution in [2.75, 3.05) is 0 Å². The monoisotopic (exact) mass is 206 g/mol. The number of cyclic esters (lactones) is 1. The number of carbonyl (C=O) groups is 1.